The van der Waals surface area contributed by atoms with E-state index < -0.39 is 0 Å². The van der Waals surface area contributed by atoms with Gasteiger partial charge in [-0.05, 0) is 12.0 Å². The molecule has 0 aliphatic heterocycles. The summed E-state index contributed by atoms with van der Waals surface area (Å²) in [6.07, 6.45) is 8.26. The Morgan fingerprint density at radius 2 is 1.67 bits per heavy atom. The third-order valence-corrected chi connectivity index (χ3v) is 2.11. The standard InChI is InChI=1S/C8H8.C7H12O2.C4H6/c1-2-8-6-4-3-5-7-8;1-3-5-6-9-7(8)4-2;1-3-4-2/h2-7H,1H2;4H,2-3,5-6H2,1H3;3-4H,1-2H2. The van der Waals surface area contributed by atoms with Gasteiger partial charge in [-0.3, -0.25) is 0 Å². The lowest BCUT2D eigenvalue weighted by Crippen LogP contribution is -2.00. The van der Waals surface area contributed by atoms with E-state index in [1.807, 2.05) is 43.3 Å². The van der Waals surface area contributed by atoms with Crippen molar-refractivity contribution in [2.45, 2.75) is 19.8 Å². The fraction of sp³-hybridized carbons (Fsp3) is 0.211. The van der Waals surface area contributed by atoms with Crippen LogP contribution in [0.4, 0.5) is 0 Å². The molecule has 0 atom stereocenters. The van der Waals surface area contributed by atoms with Gasteiger partial charge in [-0.25, -0.2) is 4.79 Å². The molecule has 21 heavy (non-hydrogen) atoms. The lowest BCUT2D eigenvalue weighted by atomic mass is 10.2. The highest BCUT2D eigenvalue weighted by atomic mass is 16.5. The van der Waals surface area contributed by atoms with Crippen LogP contribution in [0.3, 0.4) is 0 Å². The molecule has 0 aliphatic carbocycles. The molecule has 0 radical (unpaired) electrons. The molecule has 0 N–H and O–H groups in total. The van der Waals surface area contributed by atoms with Gasteiger partial charge in [0.25, 0.3) is 0 Å². The zero-order valence-electron chi connectivity index (χ0n) is 13.0. The average Bonchev–Trinajstić information content (AvgIpc) is 2.56. The van der Waals surface area contributed by atoms with E-state index in [0.717, 1.165) is 12.8 Å². The number of carbonyl (C=O) groups is 1. The summed E-state index contributed by atoms with van der Waals surface area (Å²) in [6.45, 7) is 16.2. The quantitative estimate of drug-likeness (QED) is 0.311. The fourth-order valence-electron chi connectivity index (χ4n) is 0.965. The molecule has 0 saturated carbocycles. The molecule has 2 heteroatoms. The normalized spacial score (nSPS) is 7.86. The van der Waals surface area contributed by atoms with Crippen molar-refractivity contribution >= 4 is 12.0 Å². The highest BCUT2D eigenvalue weighted by molar-refractivity contribution is 5.81. The topological polar surface area (TPSA) is 26.3 Å². The number of hydrogen-bond acceptors (Lipinski definition) is 2. The monoisotopic (exact) mass is 286 g/mol. The molecule has 1 rings (SSSR count). The van der Waals surface area contributed by atoms with Crippen LogP contribution in [0.25, 0.3) is 6.08 Å². The van der Waals surface area contributed by atoms with Crippen LogP contribution < -0.4 is 0 Å². The van der Waals surface area contributed by atoms with Crippen molar-refractivity contribution in [3.05, 3.63) is 80.4 Å². The number of ether oxygens (including phenoxy) is 1. The zero-order valence-corrected chi connectivity index (χ0v) is 13.0. The SMILES string of the molecule is C=CC(=O)OCCCC.C=CC=C.C=Cc1ccccc1. The molecule has 1 aromatic carbocycles. The smallest absolute Gasteiger partial charge is 0.330 e. The Labute approximate surface area is 129 Å². The maximum atomic E-state index is 10.3. The molecule has 0 fully saturated rings. The van der Waals surface area contributed by atoms with Crippen LogP contribution in [0.1, 0.15) is 25.3 Å². The number of carbonyl (C=O) groups excluding carboxylic acids is 1. The van der Waals surface area contributed by atoms with Crippen molar-refractivity contribution in [3.8, 4) is 0 Å². The summed E-state index contributed by atoms with van der Waals surface area (Å²) in [4.78, 5) is 10.3. The molecule has 0 spiro atoms. The summed E-state index contributed by atoms with van der Waals surface area (Å²) < 4.78 is 4.67. The summed E-state index contributed by atoms with van der Waals surface area (Å²) in [7, 11) is 0. The summed E-state index contributed by atoms with van der Waals surface area (Å²) in [6, 6.07) is 10.0. The summed E-state index contributed by atoms with van der Waals surface area (Å²) in [5.74, 6) is -0.330. The van der Waals surface area contributed by atoms with Crippen LogP contribution in [0, 0.1) is 0 Å². The van der Waals surface area contributed by atoms with Gasteiger partial charge in [0.1, 0.15) is 0 Å². The minimum atomic E-state index is -0.330. The van der Waals surface area contributed by atoms with E-state index in [-0.39, 0.29) is 5.97 Å². The van der Waals surface area contributed by atoms with Gasteiger partial charge >= 0.3 is 5.97 Å². The van der Waals surface area contributed by atoms with Crippen molar-refractivity contribution in [2.24, 2.45) is 0 Å². The van der Waals surface area contributed by atoms with Crippen LogP contribution in [0.2, 0.25) is 0 Å². The molecule has 0 heterocycles. The Morgan fingerprint density at radius 3 is 2.00 bits per heavy atom. The molecule has 2 nitrogen and oxygen atoms in total. The molecule has 0 bridgehead atoms. The minimum Gasteiger partial charge on any atom is -0.463 e. The van der Waals surface area contributed by atoms with E-state index in [4.69, 9.17) is 0 Å². The van der Waals surface area contributed by atoms with Crippen LogP contribution >= 0.6 is 0 Å². The highest BCUT2D eigenvalue weighted by Crippen LogP contribution is 1.97. The number of esters is 1. The molecule has 0 saturated heterocycles. The van der Waals surface area contributed by atoms with Crippen molar-refractivity contribution in [2.75, 3.05) is 6.61 Å². The molecule has 114 valence electrons. The van der Waals surface area contributed by atoms with Gasteiger partial charge in [-0.15, -0.1) is 0 Å². The van der Waals surface area contributed by atoms with E-state index >= 15 is 0 Å². The first-order valence-corrected chi connectivity index (χ1v) is 6.86. The average molecular weight is 286 g/mol. The van der Waals surface area contributed by atoms with Crippen molar-refractivity contribution in [1.29, 1.82) is 0 Å². The van der Waals surface area contributed by atoms with E-state index in [2.05, 4.69) is 31.1 Å². The molecule has 0 aliphatic rings. The van der Waals surface area contributed by atoms with E-state index in [1.54, 1.807) is 12.2 Å². The minimum absolute atomic E-state index is 0.330. The molecule has 0 unspecified atom stereocenters. The molecular formula is C19H26O2. The lowest BCUT2D eigenvalue weighted by molar-refractivity contribution is -0.137. The van der Waals surface area contributed by atoms with Gasteiger partial charge in [0.2, 0.25) is 0 Å². The van der Waals surface area contributed by atoms with Gasteiger partial charge in [0, 0.05) is 6.08 Å². The number of allylic oxidation sites excluding steroid dienone is 2. The molecule has 0 amide bonds. The van der Waals surface area contributed by atoms with Crippen LogP contribution in [0.5, 0.6) is 0 Å². The second-order valence-corrected chi connectivity index (χ2v) is 3.81. The van der Waals surface area contributed by atoms with E-state index in [9.17, 15) is 4.79 Å². The van der Waals surface area contributed by atoms with Gasteiger partial charge < -0.3 is 4.74 Å². The first kappa shape index (κ1) is 21.0. The number of hydrogen-bond donors (Lipinski definition) is 0. The van der Waals surface area contributed by atoms with E-state index in [1.165, 1.54) is 11.6 Å². The predicted molar refractivity (Wildman–Crippen MR) is 93.0 cm³/mol. The van der Waals surface area contributed by atoms with Crippen LogP contribution in [-0.4, -0.2) is 12.6 Å². The Hall–Kier alpha value is -2.35. The second kappa shape index (κ2) is 17.6. The molecule has 0 aromatic heterocycles. The van der Waals surface area contributed by atoms with Gasteiger partial charge in [-0.2, -0.15) is 0 Å². The number of unbranched alkanes of at least 4 members (excludes halogenated alkanes) is 1. The van der Waals surface area contributed by atoms with Crippen LogP contribution in [0.15, 0.2) is 74.9 Å². The van der Waals surface area contributed by atoms with Gasteiger partial charge in [0.05, 0.1) is 6.61 Å². The highest BCUT2D eigenvalue weighted by Gasteiger charge is 1.91. The zero-order chi connectivity index (χ0) is 16.3. The van der Waals surface area contributed by atoms with Gasteiger partial charge in [0.15, 0.2) is 0 Å². The third-order valence-electron chi connectivity index (χ3n) is 2.11. The summed E-state index contributed by atoms with van der Waals surface area (Å²) in [5.41, 5.74) is 1.17. The maximum Gasteiger partial charge on any atom is 0.330 e. The van der Waals surface area contributed by atoms with Crippen LogP contribution in [-0.2, 0) is 9.53 Å². The number of rotatable bonds is 6. The predicted octanol–water partition coefficient (Wildman–Crippen LogP) is 5.20. The summed E-state index contributed by atoms with van der Waals surface area (Å²) in [5, 5.41) is 0. The Morgan fingerprint density at radius 1 is 1.10 bits per heavy atom. The Kier molecular flexibility index (Phi) is 17.6. The summed E-state index contributed by atoms with van der Waals surface area (Å²) >= 11 is 0. The van der Waals surface area contributed by atoms with E-state index in [0.29, 0.717) is 6.61 Å². The molecule has 1 aromatic rings. The largest absolute Gasteiger partial charge is 0.463 e. The maximum absolute atomic E-state index is 10.3. The Bertz CT molecular complexity index is 399. The van der Waals surface area contributed by atoms with Crippen molar-refractivity contribution in [1.82, 2.24) is 0 Å². The fourth-order valence-corrected chi connectivity index (χ4v) is 0.965. The Balaban J connectivity index is 0. The second-order valence-electron chi connectivity index (χ2n) is 3.81. The molecular weight excluding hydrogens is 260 g/mol. The van der Waals surface area contributed by atoms with Gasteiger partial charge in [-0.1, -0.05) is 88.2 Å². The van der Waals surface area contributed by atoms with Crippen molar-refractivity contribution < 1.29 is 9.53 Å². The third kappa shape index (κ3) is 17.7. The van der Waals surface area contributed by atoms with Crippen molar-refractivity contribution in [3.63, 3.8) is 0 Å². The number of benzene rings is 1. The first-order valence-electron chi connectivity index (χ1n) is 6.86. The lowest BCUT2D eigenvalue weighted by Gasteiger charge is -1.97. The first-order chi connectivity index (χ1) is 10.2.